The van der Waals surface area contributed by atoms with E-state index in [9.17, 15) is 14.7 Å². The number of rotatable bonds is 4. The number of carboxylic acid groups (broad SMARTS) is 1. The molecular weight excluding hydrogens is 466 g/mol. The van der Waals surface area contributed by atoms with E-state index in [2.05, 4.69) is 0 Å². The molecule has 1 aromatic heterocycles. The van der Waals surface area contributed by atoms with Gasteiger partial charge in [-0.1, -0.05) is 54.1 Å². The van der Waals surface area contributed by atoms with Gasteiger partial charge in [-0.05, 0) is 42.8 Å². The van der Waals surface area contributed by atoms with Gasteiger partial charge < -0.3 is 19.6 Å². The molecule has 1 aliphatic rings. The van der Waals surface area contributed by atoms with Crippen molar-refractivity contribution in [2.24, 2.45) is 0 Å². The van der Waals surface area contributed by atoms with Crippen LogP contribution in [0.2, 0.25) is 5.02 Å². The van der Waals surface area contributed by atoms with E-state index in [-0.39, 0.29) is 19.0 Å². The van der Waals surface area contributed by atoms with Gasteiger partial charge in [-0.2, -0.15) is 0 Å². The molecule has 0 spiro atoms. The van der Waals surface area contributed by atoms with E-state index >= 15 is 0 Å². The van der Waals surface area contributed by atoms with Gasteiger partial charge in [-0.15, -0.1) is 0 Å². The van der Waals surface area contributed by atoms with E-state index in [1.807, 2.05) is 78.2 Å². The lowest BCUT2D eigenvalue weighted by Crippen LogP contribution is -2.50. The number of carbonyl (C=O) groups excluding carboxylic acids is 1. The Bertz CT molecular complexity index is 1410. The number of aromatic nitrogens is 1. The number of ether oxygens (including phenoxy) is 1. The van der Waals surface area contributed by atoms with Crippen LogP contribution in [0, 0.1) is 6.92 Å². The molecule has 4 aromatic rings. The number of halogens is 1. The van der Waals surface area contributed by atoms with Crippen LogP contribution in [0.25, 0.3) is 16.6 Å². The van der Waals surface area contributed by atoms with Crippen molar-refractivity contribution in [3.63, 3.8) is 0 Å². The van der Waals surface area contributed by atoms with E-state index in [0.29, 0.717) is 40.7 Å². The average Bonchev–Trinajstić information content (AvgIpc) is 3.18. The Balaban J connectivity index is 1.70. The summed E-state index contributed by atoms with van der Waals surface area (Å²) in [6.45, 7) is 3.09. The Morgan fingerprint density at radius 1 is 0.886 bits per heavy atom. The summed E-state index contributed by atoms with van der Waals surface area (Å²) in [5.74, 6) is 0.831. The molecule has 2 amide bonds. The number of hydrogen-bond donors (Lipinski definition) is 1. The summed E-state index contributed by atoms with van der Waals surface area (Å²) >= 11 is 6.39. The summed E-state index contributed by atoms with van der Waals surface area (Å²) in [6, 6.07) is 22.7. The van der Waals surface area contributed by atoms with Crippen molar-refractivity contribution in [2.75, 3.05) is 26.2 Å². The van der Waals surface area contributed by atoms with Crippen LogP contribution in [0.3, 0.4) is 0 Å². The molecule has 1 aliphatic heterocycles. The number of hydrogen-bond acceptors (Lipinski definition) is 3. The lowest BCUT2D eigenvalue weighted by atomic mass is 10.1. The molecule has 1 fully saturated rings. The van der Waals surface area contributed by atoms with Crippen LogP contribution in [0.1, 0.15) is 15.9 Å². The highest BCUT2D eigenvalue weighted by molar-refractivity contribution is 6.31. The van der Waals surface area contributed by atoms with E-state index in [1.54, 1.807) is 11.0 Å². The molecule has 8 heteroatoms. The van der Waals surface area contributed by atoms with Gasteiger partial charge in [0, 0.05) is 42.3 Å². The molecule has 0 radical (unpaired) electrons. The van der Waals surface area contributed by atoms with Gasteiger partial charge in [0.05, 0.1) is 5.52 Å². The molecule has 35 heavy (non-hydrogen) atoms. The molecule has 1 N–H and O–H groups in total. The number of piperazine rings is 1. The smallest absolute Gasteiger partial charge is 0.407 e. The quantitative estimate of drug-likeness (QED) is 0.392. The standard InChI is InChI=1S/C27H24ClN3O4/c1-18-7-5-6-10-23(18)35-26-24(25(32)29-13-15-30(16-14-29)27(33)34)21-12-11-19(28)17-22(21)31(26)20-8-3-2-4-9-20/h2-12,17H,13-16H2,1H3,(H,33,34). The summed E-state index contributed by atoms with van der Waals surface area (Å²) in [6.07, 6.45) is -0.976. The number of aryl methyl sites for hydroxylation is 1. The minimum Gasteiger partial charge on any atom is -0.465 e. The van der Waals surface area contributed by atoms with Crippen LogP contribution in [0.4, 0.5) is 4.79 Å². The number of fused-ring (bicyclic) bond motifs is 1. The summed E-state index contributed by atoms with van der Waals surface area (Å²) in [7, 11) is 0. The summed E-state index contributed by atoms with van der Waals surface area (Å²) in [5.41, 5.74) is 2.94. The minimum atomic E-state index is -0.976. The number of amides is 2. The number of para-hydroxylation sites is 2. The third-order valence-electron chi connectivity index (χ3n) is 6.25. The highest BCUT2D eigenvalue weighted by atomic mass is 35.5. The van der Waals surface area contributed by atoms with Gasteiger partial charge in [-0.25, -0.2) is 4.79 Å². The SMILES string of the molecule is Cc1ccccc1Oc1c(C(=O)N2CCN(C(=O)O)CC2)c2ccc(Cl)cc2n1-c1ccccc1. The Kier molecular flexibility index (Phi) is 6.09. The first-order chi connectivity index (χ1) is 16.9. The van der Waals surface area contributed by atoms with Crippen LogP contribution in [0.5, 0.6) is 11.6 Å². The highest BCUT2D eigenvalue weighted by Gasteiger charge is 2.31. The van der Waals surface area contributed by atoms with Crippen molar-refractivity contribution in [1.82, 2.24) is 14.4 Å². The fraction of sp³-hybridized carbons (Fsp3) is 0.185. The van der Waals surface area contributed by atoms with E-state index in [4.69, 9.17) is 16.3 Å². The molecule has 5 rings (SSSR count). The highest BCUT2D eigenvalue weighted by Crippen LogP contribution is 2.40. The van der Waals surface area contributed by atoms with E-state index in [0.717, 1.165) is 16.8 Å². The molecule has 0 saturated carbocycles. The molecular formula is C27H24ClN3O4. The second-order valence-corrected chi connectivity index (χ2v) is 8.88. The summed E-state index contributed by atoms with van der Waals surface area (Å²) in [4.78, 5) is 28.3. The van der Waals surface area contributed by atoms with Crippen molar-refractivity contribution >= 4 is 34.5 Å². The fourth-order valence-corrected chi connectivity index (χ4v) is 4.57. The van der Waals surface area contributed by atoms with Crippen LogP contribution >= 0.6 is 11.6 Å². The van der Waals surface area contributed by atoms with Crippen LogP contribution in [-0.4, -0.2) is 57.7 Å². The molecule has 7 nitrogen and oxygen atoms in total. The maximum atomic E-state index is 13.9. The first-order valence-corrected chi connectivity index (χ1v) is 11.7. The average molecular weight is 490 g/mol. The van der Waals surface area contributed by atoms with Crippen LogP contribution < -0.4 is 4.74 Å². The minimum absolute atomic E-state index is 0.208. The zero-order valence-electron chi connectivity index (χ0n) is 19.1. The summed E-state index contributed by atoms with van der Waals surface area (Å²) in [5, 5.41) is 10.6. The Hall–Kier alpha value is -3.97. The maximum Gasteiger partial charge on any atom is 0.407 e. The van der Waals surface area contributed by atoms with Crippen molar-refractivity contribution in [1.29, 1.82) is 0 Å². The molecule has 0 unspecified atom stereocenters. The van der Waals surface area contributed by atoms with Gasteiger partial charge in [0.2, 0.25) is 5.88 Å². The third-order valence-corrected chi connectivity index (χ3v) is 6.49. The van der Waals surface area contributed by atoms with E-state index in [1.165, 1.54) is 4.90 Å². The normalized spacial score (nSPS) is 13.8. The largest absolute Gasteiger partial charge is 0.465 e. The first kappa shape index (κ1) is 22.8. The lowest BCUT2D eigenvalue weighted by Gasteiger charge is -2.33. The zero-order valence-corrected chi connectivity index (χ0v) is 19.9. The molecule has 2 heterocycles. The van der Waals surface area contributed by atoms with Gasteiger partial charge in [0.1, 0.15) is 11.3 Å². The van der Waals surface area contributed by atoms with Gasteiger partial charge in [0.15, 0.2) is 0 Å². The predicted molar refractivity (Wildman–Crippen MR) is 135 cm³/mol. The van der Waals surface area contributed by atoms with E-state index < -0.39 is 6.09 Å². The Morgan fingerprint density at radius 3 is 2.23 bits per heavy atom. The van der Waals surface area contributed by atoms with Crippen molar-refractivity contribution in [3.8, 4) is 17.3 Å². The third kappa shape index (κ3) is 4.31. The Labute approximate surface area is 207 Å². The molecule has 0 atom stereocenters. The molecule has 3 aromatic carbocycles. The summed E-state index contributed by atoms with van der Waals surface area (Å²) < 4.78 is 8.40. The molecule has 0 aliphatic carbocycles. The molecule has 0 bridgehead atoms. The van der Waals surface area contributed by atoms with Crippen molar-refractivity contribution in [3.05, 3.63) is 88.9 Å². The number of benzene rings is 3. The fourth-order valence-electron chi connectivity index (χ4n) is 4.41. The second-order valence-electron chi connectivity index (χ2n) is 8.44. The van der Waals surface area contributed by atoms with Crippen LogP contribution in [-0.2, 0) is 0 Å². The molecule has 1 saturated heterocycles. The molecule has 178 valence electrons. The predicted octanol–water partition coefficient (Wildman–Crippen LogP) is 5.82. The topological polar surface area (TPSA) is 75.0 Å². The van der Waals surface area contributed by atoms with Gasteiger partial charge in [-0.3, -0.25) is 9.36 Å². The Morgan fingerprint density at radius 2 is 1.54 bits per heavy atom. The number of nitrogens with zero attached hydrogens (tertiary/aromatic N) is 3. The monoisotopic (exact) mass is 489 g/mol. The lowest BCUT2D eigenvalue weighted by molar-refractivity contribution is 0.0624. The number of carbonyl (C=O) groups is 2. The van der Waals surface area contributed by atoms with Crippen LogP contribution in [0.15, 0.2) is 72.8 Å². The van der Waals surface area contributed by atoms with Crippen molar-refractivity contribution in [2.45, 2.75) is 6.92 Å². The van der Waals surface area contributed by atoms with Gasteiger partial charge >= 0.3 is 6.09 Å². The second kappa shape index (κ2) is 9.35. The maximum absolute atomic E-state index is 13.9. The van der Waals surface area contributed by atoms with Gasteiger partial charge in [0.25, 0.3) is 5.91 Å². The van der Waals surface area contributed by atoms with Crippen molar-refractivity contribution < 1.29 is 19.4 Å². The zero-order chi connectivity index (χ0) is 24.5. The first-order valence-electron chi connectivity index (χ1n) is 11.3.